The Balaban J connectivity index is 1.34. The molecular weight excluding hydrogens is 418 g/mol. The molecule has 1 aromatic heterocycles. The Morgan fingerprint density at radius 3 is 2.85 bits per heavy atom. The maximum atomic E-state index is 12.6. The van der Waals surface area contributed by atoms with Gasteiger partial charge in [-0.1, -0.05) is 12.1 Å². The van der Waals surface area contributed by atoms with Crippen molar-refractivity contribution in [2.45, 2.75) is 50.5 Å². The van der Waals surface area contributed by atoms with Gasteiger partial charge in [-0.2, -0.15) is 5.26 Å². The standard InChI is InChI=1S/C26H27N3O4/c1-31-21-10-9-16(12-23(21)32-20-6-2-3-7-20)19-11-18(26(30)28-15-19)13-24-29-25-17(14-27)5-4-8-22(25)33-24/h4-5,8-10,12,18-20H,2-3,6-7,11,13,15H2,1H3,(H,28,30)/t18-,19-/m1/s1. The zero-order chi connectivity index (χ0) is 22.8. The number of nitrogens with zero attached hydrogens (tertiary/aromatic N) is 2. The highest BCUT2D eigenvalue weighted by Gasteiger charge is 2.31. The first-order valence-corrected chi connectivity index (χ1v) is 11.6. The fourth-order valence-electron chi connectivity index (χ4n) is 4.94. The zero-order valence-corrected chi connectivity index (χ0v) is 18.7. The molecule has 2 heterocycles. The van der Waals surface area contributed by atoms with Crippen LogP contribution in [0.25, 0.3) is 11.1 Å². The topological polar surface area (TPSA) is 97.4 Å². The number of carbonyl (C=O) groups excluding carboxylic acids is 1. The lowest BCUT2D eigenvalue weighted by Gasteiger charge is -2.29. The molecule has 1 saturated heterocycles. The number of nitriles is 1. The molecular formula is C26H27N3O4. The van der Waals surface area contributed by atoms with Crippen molar-refractivity contribution in [1.82, 2.24) is 10.3 Å². The van der Waals surface area contributed by atoms with Crippen molar-refractivity contribution in [2.24, 2.45) is 5.92 Å². The van der Waals surface area contributed by atoms with Crippen LogP contribution in [0.1, 0.15) is 55.0 Å². The number of para-hydroxylation sites is 1. The van der Waals surface area contributed by atoms with Crippen LogP contribution in [0.2, 0.25) is 0 Å². The number of nitrogens with one attached hydrogen (secondary N) is 1. The summed E-state index contributed by atoms with van der Waals surface area (Å²) in [6.45, 7) is 0.580. The molecule has 33 heavy (non-hydrogen) atoms. The lowest BCUT2D eigenvalue weighted by Crippen LogP contribution is -2.41. The van der Waals surface area contributed by atoms with Crippen molar-refractivity contribution >= 4 is 17.0 Å². The summed E-state index contributed by atoms with van der Waals surface area (Å²) in [6, 6.07) is 13.5. The Morgan fingerprint density at radius 2 is 2.06 bits per heavy atom. The predicted molar refractivity (Wildman–Crippen MR) is 122 cm³/mol. The molecule has 2 aliphatic rings. The van der Waals surface area contributed by atoms with E-state index < -0.39 is 0 Å². The van der Waals surface area contributed by atoms with E-state index in [1.807, 2.05) is 6.07 Å². The van der Waals surface area contributed by atoms with Crippen LogP contribution >= 0.6 is 0 Å². The van der Waals surface area contributed by atoms with Crippen LogP contribution in [-0.4, -0.2) is 30.6 Å². The molecule has 7 heteroatoms. The number of carbonyl (C=O) groups is 1. The molecule has 2 atom stereocenters. The minimum Gasteiger partial charge on any atom is -0.493 e. The number of fused-ring (bicyclic) bond motifs is 1. The van der Waals surface area contributed by atoms with E-state index in [1.54, 1.807) is 25.3 Å². The summed E-state index contributed by atoms with van der Waals surface area (Å²) in [5.41, 5.74) is 2.71. The van der Waals surface area contributed by atoms with Crippen LogP contribution in [0.4, 0.5) is 0 Å². The Kier molecular flexibility index (Phi) is 5.91. The maximum Gasteiger partial charge on any atom is 0.223 e. The van der Waals surface area contributed by atoms with E-state index in [0.717, 1.165) is 29.9 Å². The van der Waals surface area contributed by atoms with E-state index in [1.165, 1.54) is 12.8 Å². The average Bonchev–Trinajstić information content (AvgIpc) is 3.49. The van der Waals surface area contributed by atoms with Gasteiger partial charge in [-0.15, -0.1) is 0 Å². The average molecular weight is 446 g/mol. The highest BCUT2D eigenvalue weighted by molar-refractivity contribution is 5.81. The molecule has 2 fully saturated rings. The molecule has 1 saturated carbocycles. The van der Waals surface area contributed by atoms with Gasteiger partial charge in [-0.05, 0) is 61.9 Å². The fourth-order valence-corrected chi connectivity index (χ4v) is 4.94. The van der Waals surface area contributed by atoms with E-state index in [-0.39, 0.29) is 23.8 Å². The van der Waals surface area contributed by atoms with Crippen LogP contribution < -0.4 is 14.8 Å². The van der Waals surface area contributed by atoms with E-state index in [0.29, 0.717) is 41.9 Å². The molecule has 1 aliphatic heterocycles. The predicted octanol–water partition coefficient (Wildman–Crippen LogP) is 4.49. The third kappa shape index (κ3) is 4.38. The molecule has 2 aromatic carbocycles. The number of aromatic nitrogens is 1. The maximum absolute atomic E-state index is 12.6. The number of benzene rings is 2. The molecule has 1 N–H and O–H groups in total. The Morgan fingerprint density at radius 1 is 1.21 bits per heavy atom. The second-order valence-electron chi connectivity index (χ2n) is 8.89. The normalized spacial score (nSPS) is 21.0. The van der Waals surface area contributed by atoms with E-state index >= 15 is 0 Å². The van der Waals surface area contributed by atoms with E-state index in [9.17, 15) is 10.1 Å². The highest BCUT2D eigenvalue weighted by atomic mass is 16.5. The largest absolute Gasteiger partial charge is 0.493 e. The fraction of sp³-hybridized carbons (Fsp3) is 0.423. The van der Waals surface area contributed by atoms with Gasteiger partial charge in [0.1, 0.15) is 11.6 Å². The number of rotatable bonds is 6. The van der Waals surface area contributed by atoms with Gasteiger partial charge in [0.15, 0.2) is 23.0 Å². The summed E-state index contributed by atoms with van der Waals surface area (Å²) < 4.78 is 17.6. The lowest BCUT2D eigenvalue weighted by molar-refractivity contribution is -0.127. The van der Waals surface area contributed by atoms with Crippen molar-refractivity contribution in [3.63, 3.8) is 0 Å². The van der Waals surface area contributed by atoms with Gasteiger partial charge < -0.3 is 19.2 Å². The minimum absolute atomic E-state index is 0.00459. The lowest BCUT2D eigenvalue weighted by atomic mass is 9.83. The van der Waals surface area contributed by atoms with Gasteiger partial charge in [-0.3, -0.25) is 4.79 Å². The molecule has 0 radical (unpaired) electrons. The number of ether oxygens (including phenoxy) is 2. The molecule has 0 unspecified atom stereocenters. The monoisotopic (exact) mass is 445 g/mol. The summed E-state index contributed by atoms with van der Waals surface area (Å²) in [4.78, 5) is 17.1. The number of methoxy groups -OCH3 is 1. The second kappa shape index (κ2) is 9.14. The molecule has 1 aliphatic carbocycles. The SMILES string of the molecule is COc1ccc([C@H]2CNC(=O)[C@@H](Cc3nc4c(C#N)cccc4o3)C2)cc1OC1CCCC1. The Hall–Kier alpha value is -3.53. The molecule has 170 valence electrons. The molecule has 1 amide bonds. The Bertz CT molecular complexity index is 1210. The second-order valence-corrected chi connectivity index (χ2v) is 8.89. The van der Waals surface area contributed by atoms with Crippen molar-refractivity contribution in [1.29, 1.82) is 5.26 Å². The minimum atomic E-state index is -0.261. The molecule has 7 nitrogen and oxygen atoms in total. The summed E-state index contributed by atoms with van der Waals surface area (Å²) in [7, 11) is 1.66. The van der Waals surface area contributed by atoms with Gasteiger partial charge in [0.2, 0.25) is 5.91 Å². The number of amides is 1. The summed E-state index contributed by atoms with van der Waals surface area (Å²) in [5, 5.41) is 12.3. The van der Waals surface area contributed by atoms with Crippen LogP contribution in [0.5, 0.6) is 11.5 Å². The quantitative estimate of drug-likeness (QED) is 0.600. The van der Waals surface area contributed by atoms with Crippen molar-refractivity contribution in [3.8, 4) is 17.6 Å². The van der Waals surface area contributed by atoms with Crippen molar-refractivity contribution in [3.05, 3.63) is 53.4 Å². The first-order valence-electron chi connectivity index (χ1n) is 11.6. The first kappa shape index (κ1) is 21.3. The van der Waals surface area contributed by atoms with Gasteiger partial charge >= 0.3 is 0 Å². The highest BCUT2D eigenvalue weighted by Crippen LogP contribution is 2.37. The van der Waals surface area contributed by atoms with Crippen LogP contribution in [0, 0.1) is 17.2 Å². The van der Waals surface area contributed by atoms with Crippen molar-refractivity contribution in [2.75, 3.05) is 13.7 Å². The third-order valence-electron chi connectivity index (χ3n) is 6.72. The molecule has 0 spiro atoms. The van der Waals surface area contributed by atoms with Gasteiger partial charge in [0.25, 0.3) is 0 Å². The smallest absolute Gasteiger partial charge is 0.223 e. The van der Waals surface area contributed by atoms with E-state index in [2.05, 4.69) is 28.5 Å². The summed E-state index contributed by atoms with van der Waals surface area (Å²) in [6.07, 6.45) is 5.88. The van der Waals surface area contributed by atoms with Gasteiger partial charge in [-0.25, -0.2) is 4.98 Å². The number of oxazole rings is 1. The van der Waals surface area contributed by atoms with Gasteiger partial charge in [0.05, 0.1) is 18.8 Å². The molecule has 5 rings (SSSR count). The van der Waals surface area contributed by atoms with Crippen molar-refractivity contribution < 1.29 is 18.7 Å². The number of hydrogen-bond donors (Lipinski definition) is 1. The summed E-state index contributed by atoms with van der Waals surface area (Å²) in [5.74, 6) is 1.89. The van der Waals surface area contributed by atoms with Gasteiger partial charge in [0, 0.05) is 24.8 Å². The summed E-state index contributed by atoms with van der Waals surface area (Å²) >= 11 is 0. The third-order valence-corrected chi connectivity index (χ3v) is 6.72. The van der Waals surface area contributed by atoms with Crippen LogP contribution in [-0.2, 0) is 11.2 Å². The van der Waals surface area contributed by atoms with Crippen LogP contribution in [0.15, 0.2) is 40.8 Å². The van der Waals surface area contributed by atoms with E-state index in [4.69, 9.17) is 13.9 Å². The number of piperidine rings is 1. The molecule has 3 aromatic rings. The number of hydrogen-bond acceptors (Lipinski definition) is 6. The molecule has 0 bridgehead atoms. The first-order chi connectivity index (χ1) is 16.1. The van der Waals surface area contributed by atoms with Crippen LogP contribution in [0.3, 0.4) is 0 Å². The Labute approximate surface area is 192 Å². The zero-order valence-electron chi connectivity index (χ0n) is 18.7.